The first kappa shape index (κ1) is 16.5. The summed E-state index contributed by atoms with van der Waals surface area (Å²) in [7, 11) is 1.88. The van der Waals surface area contributed by atoms with Crippen LogP contribution in [0.4, 0.5) is 0 Å². The molecule has 26 heavy (non-hydrogen) atoms. The van der Waals surface area contributed by atoms with Gasteiger partial charge in [-0.25, -0.2) is 4.98 Å². The second-order valence-corrected chi connectivity index (χ2v) is 6.81. The molecule has 0 aliphatic carbocycles. The number of carbonyl (C=O) groups is 1. The molecular formula is C19H22N6O. The van der Waals surface area contributed by atoms with Gasteiger partial charge in [-0.05, 0) is 17.7 Å². The molecule has 1 saturated heterocycles. The molecule has 1 amide bonds. The summed E-state index contributed by atoms with van der Waals surface area (Å²) < 4.78 is 3.84. The molecule has 1 aliphatic heterocycles. The molecule has 3 aromatic rings. The summed E-state index contributed by atoms with van der Waals surface area (Å²) in [6.45, 7) is 2.07. The van der Waals surface area contributed by atoms with Gasteiger partial charge in [0.15, 0.2) is 0 Å². The van der Waals surface area contributed by atoms with E-state index in [1.54, 1.807) is 4.68 Å². The molecule has 7 nitrogen and oxygen atoms in total. The number of benzene rings is 1. The number of nitrogens with two attached hydrogens (primary N) is 1. The minimum atomic E-state index is -0.257. The van der Waals surface area contributed by atoms with Gasteiger partial charge < -0.3 is 10.3 Å². The Labute approximate surface area is 152 Å². The number of likely N-dealkylation sites (tertiary alicyclic amines) is 1. The topological polar surface area (TPSA) is 82.0 Å². The number of rotatable bonds is 5. The van der Waals surface area contributed by atoms with Gasteiger partial charge in [-0.2, -0.15) is 5.10 Å². The predicted molar refractivity (Wildman–Crippen MR) is 97.5 cm³/mol. The van der Waals surface area contributed by atoms with Crippen molar-refractivity contribution >= 4 is 5.91 Å². The molecule has 1 fully saturated rings. The third-order valence-electron chi connectivity index (χ3n) is 5.03. The molecule has 0 saturated carbocycles. The van der Waals surface area contributed by atoms with Crippen LogP contribution in [0.1, 0.15) is 17.3 Å². The van der Waals surface area contributed by atoms with Gasteiger partial charge in [0.05, 0.1) is 18.7 Å². The van der Waals surface area contributed by atoms with E-state index in [2.05, 4.69) is 31.7 Å². The van der Waals surface area contributed by atoms with Crippen molar-refractivity contribution in [3.05, 3.63) is 66.5 Å². The summed E-state index contributed by atoms with van der Waals surface area (Å²) in [6, 6.07) is 10.1. The minimum absolute atomic E-state index is 0.0707. The predicted octanol–water partition coefficient (Wildman–Crippen LogP) is 1.31. The number of hydrogen-bond acceptors (Lipinski definition) is 4. The summed E-state index contributed by atoms with van der Waals surface area (Å²) in [5, 5.41) is 4.24. The molecule has 3 heterocycles. The van der Waals surface area contributed by atoms with Crippen LogP contribution in [-0.2, 0) is 18.4 Å². The Bertz CT molecular complexity index is 900. The van der Waals surface area contributed by atoms with Gasteiger partial charge in [0, 0.05) is 50.3 Å². The molecule has 1 aromatic carbocycles. The van der Waals surface area contributed by atoms with Crippen molar-refractivity contribution in [2.75, 3.05) is 13.1 Å². The highest BCUT2D eigenvalue weighted by molar-refractivity contribution is 5.78. The SMILES string of the molecule is Cn1cc([C@H]2CN(Cc3nccn3-c3ccccc3)C[C@@H]2C(N)=O)cn1. The van der Waals surface area contributed by atoms with Gasteiger partial charge in [0.2, 0.25) is 5.91 Å². The number of para-hydroxylation sites is 1. The highest BCUT2D eigenvalue weighted by atomic mass is 16.1. The Morgan fingerprint density at radius 3 is 2.77 bits per heavy atom. The molecule has 2 N–H and O–H groups in total. The molecule has 2 atom stereocenters. The van der Waals surface area contributed by atoms with Crippen molar-refractivity contribution in [1.82, 2.24) is 24.2 Å². The largest absolute Gasteiger partial charge is 0.369 e. The van der Waals surface area contributed by atoms with Gasteiger partial charge in [0.1, 0.15) is 5.82 Å². The zero-order chi connectivity index (χ0) is 18.1. The number of hydrogen-bond donors (Lipinski definition) is 1. The van der Waals surface area contributed by atoms with Crippen LogP contribution >= 0.6 is 0 Å². The Morgan fingerprint density at radius 1 is 1.27 bits per heavy atom. The summed E-state index contributed by atoms with van der Waals surface area (Å²) in [6.07, 6.45) is 7.57. The first-order chi connectivity index (χ1) is 12.6. The molecule has 0 unspecified atom stereocenters. The maximum Gasteiger partial charge on any atom is 0.222 e. The van der Waals surface area contributed by atoms with E-state index in [4.69, 9.17) is 5.73 Å². The average Bonchev–Trinajstić information content (AvgIpc) is 3.35. The normalized spacial score (nSPS) is 20.5. The lowest BCUT2D eigenvalue weighted by molar-refractivity contribution is -0.121. The fourth-order valence-electron chi connectivity index (χ4n) is 3.75. The molecule has 4 rings (SSSR count). The highest BCUT2D eigenvalue weighted by Crippen LogP contribution is 2.33. The number of amides is 1. The fraction of sp³-hybridized carbons (Fsp3) is 0.316. The molecule has 0 bridgehead atoms. The second-order valence-electron chi connectivity index (χ2n) is 6.81. The van der Waals surface area contributed by atoms with Crippen LogP contribution in [0.2, 0.25) is 0 Å². The zero-order valence-corrected chi connectivity index (χ0v) is 14.7. The van der Waals surface area contributed by atoms with E-state index in [1.165, 1.54) is 0 Å². The van der Waals surface area contributed by atoms with E-state index in [0.29, 0.717) is 13.1 Å². The molecular weight excluding hydrogens is 328 g/mol. The number of aryl methyl sites for hydroxylation is 1. The van der Waals surface area contributed by atoms with Gasteiger partial charge in [-0.15, -0.1) is 0 Å². The van der Waals surface area contributed by atoms with Gasteiger partial charge >= 0.3 is 0 Å². The average molecular weight is 350 g/mol. The van der Waals surface area contributed by atoms with Crippen molar-refractivity contribution < 1.29 is 4.79 Å². The van der Waals surface area contributed by atoms with E-state index < -0.39 is 0 Å². The Balaban J connectivity index is 1.55. The molecule has 134 valence electrons. The maximum absolute atomic E-state index is 12.0. The number of nitrogens with zero attached hydrogens (tertiary/aromatic N) is 5. The van der Waals surface area contributed by atoms with E-state index >= 15 is 0 Å². The fourth-order valence-corrected chi connectivity index (χ4v) is 3.75. The van der Waals surface area contributed by atoms with Crippen molar-refractivity contribution in [3.63, 3.8) is 0 Å². The van der Waals surface area contributed by atoms with Crippen molar-refractivity contribution in [2.45, 2.75) is 12.5 Å². The lowest BCUT2D eigenvalue weighted by Gasteiger charge is -2.16. The van der Waals surface area contributed by atoms with E-state index in [-0.39, 0.29) is 17.7 Å². The Morgan fingerprint density at radius 2 is 2.08 bits per heavy atom. The quantitative estimate of drug-likeness (QED) is 0.752. The Kier molecular flexibility index (Phi) is 4.30. The smallest absolute Gasteiger partial charge is 0.222 e. The molecule has 0 radical (unpaired) electrons. The van der Waals surface area contributed by atoms with Gasteiger partial charge in [-0.3, -0.25) is 14.4 Å². The maximum atomic E-state index is 12.0. The van der Waals surface area contributed by atoms with Crippen LogP contribution in [0.15, 0.2) is 55.1 Å². The molecule has 0 spiro atoms. The van der Waals surface area contributed by atoms with Gasteiger partial charge in [-0.1, -0.05) is 18.2 Å². The molecule has 2 aromatic heterocycles. The first-order valence-electron chi connectivity index (χ1n) is 8.69. The summed E-state index contributed by atoms with van der Waals surface area (Å²) in [4.78, 5) is 18.7. The third kappa shape index (κ3) is 3.13. The van der Waals surface area contributed by atoms with Crippen LogP contribution in [-0.4, -0.2) is 43.2 Å². The zero-order valence-electron chi connectivity index (χ0n) is 14.7. The number of aromatic nitrogens is 4. The highest BCUT2D eigenvalue weighted by Gasteiger charge is 2.38. The van der Waals surface area contributed by atoms with Crippen LogP contribution in [0.25, 0.3) is 5.69 Å². The van der Waals surface area contributed by atoms with E-state index in [1.807, 2.05) is 50.0 Å². The summed E-state index contributed by atoms with van der Waals surface area (Å²) in [5.41, 5.74) is 7.81. The van der Waals surface area contributed by atoms with Crippen molar-refractivity contribution in [3.8, 4) is 5.69 Å². The van der Waals surface area contributed by atoms with Crippen LogP contribution in [0.3, 0.4) is 0 Å². The van der Waals surface area contributed by atoms with E-state index in [9.17, 15) is 4.79 Å². The van der Waals surface area contributed by atoms with Crippen LogP contribution in [0.5, 0.6) is 0 Å². The molecule has 7 heteroatoms. The van der Waals surface area contributed by atoms with Crippen molar-refractivity contribution in [2.24, 2.45) is 18.7 Å². The van der Waals surface area contributed by atoms with Crippen molar-refractivity contribution in [1.29, 1.82) is 0 Å². The minimum Gasteiger partial charge on any atom is -0.369 e. The lowest BCUT2D eigenvalue weighted by Crippen LogP contribution is -2.29. The first-order valence-corrected chi connectivity index (χ1v) is 8.69. The van der Waals surface area contributed by atoms with Crippen LogP contribution < -0.4 is 5.73 Å². The number of primary amides is 1. The lowest BCUT2D eigenvalue weighted by atomic mass is 9.90. The standard InChI is InChI=1S/C19H22N6O/c1-23-10-14(9-22-23)16-11-24(12-17(16)19(20)26)13-18-21-7-8-25(18)15-5-3-2-4-6-15/h2-10,16-17H,11-13H2,1H3,(H2,20,26)/t16-,17+/m1/s1. The molecule has 1 aliphatic rings. The summed E-state index contributed by atoms with van der Waals surface area (Å²) in [5.74, 6) is 0.555. The monoisotopic (exact) mass is 350 g/mol. The van der Waals surface area contributed by atoms with Gasteiger partial charge in [0.25, 0.3) is 0 Å². The Hall–Kier alpha value is -2.93. The number of carbonyl (C=O) groups excluding carboxylic acids is 1. The van der Waals surface area contributed by atoms with E-state index in [0.717, 1.165) is 23.6 Å². The number of imidazole rings is 1. The third-order valence-corrected chi connectivity index (χ3v) is 5.03. The summed E-state index contributed by atoms with van der Waals surface area (Å²) >= 11 is 0. The second kappa shape index (κ2) is 6.76. The van der Waals surface area contributed by atoms with Crippen LogP contribution in [0, 0.1) is 5.92 Å².